The lowest BCUT2D eigenvalue weighted by Gasteiger charge is -2.34. The van der Waals surface area contributed by atoms with E-state index in [0.29, 0.717) is 19.8 Å². The highest BCUT2D eigenvalue weighted by Crippen LogP contribution is 2.29. The Bertz CT molecular complexity index is 212. The van der Waals surface area contributed by atoms with Gasteiger partial charge in [-0.1, -0.05) is 6.92 Å². The Kier molecular flexibility index (Phi) is 4.62. The zero-order valence-corrected chi connectivity index (χ0v) is 9.86. The van der Waals surface area contributed by atoms with E-state index in [1.165, 1.54) is 0 Å². The lowest BCUT2D eigenvalue weighted by atomic mass is 9.82. The lowest BCUT2D eigenvalue weighted by Crippen LogP contribution is -2.41. The van der Waals surface area contributed by atoms with Crippen LogP contribution in [0.1, 0.15) is 33.1 Å². The van der Waals surface area contributed by atoms with Crippen LogP contribution in [-0.2, 0) is 4.74 Å². The molecule has 1 N–H and O–H groups in total. The molecule has 96 valence electrons. The molecule has 0 aromatic carbocycles. The second-order valence-electron chi connectivity index (χ2n) is 5.02. The summed E-state index contributed by atoms with van der Waals surface area (Å²) in [6, 6.07) is -0.514. The summed E-state index contributed by atoms with van der Waals surface area (Å²) in [7, 11) is 0. The van der Waals surface area contributed by atoms with Crippen molar-refractivity contribution in [2.75, 3.05) is 19.8 Å². The summed E-state index contributed by atoms with van der Waals surface area (Å²) in [5, 5.41) is 2.97. The van der Waals surface area contributed by atoms with E-state index in [4.69, 9.17) is 4.74 Å². The highest BCUT2D eigenvalue weighted by molar-refractivity contribution is 4.81. The molecule has 0 aliphatic carbocycles. The van der Waals surface area contributed by atoms with E-state index in [9.17, 15) is 13.2 Å². The molecule has 1 atom stereocenters. The number of ether oxygens (including phenoxy) is 1. The Morgan fingerprint density at radius 2 is 1.88 bits per heavy atom. The predicted octanol–water partition coefficient (Wildman–Crippen LogP) is 2.73. The Labute approximate surface area is 94.5 Å². The van der Waals surface area contributed by atoms with E-state index in [2.05, 4.69) is 12.2 Å². The average molecular weight is 239 g/mol. The van der Waals surface area contributed by atoms with E-state index < -0.39 is 18.6 Å². The van der Waals surface area contributed by atoms with Crippen LogP contribution in [0.4, 0.5) is 13.2 Å². The molecule has 5 heteroatoms. The molecule has 1 rings (SSSR count). The quantitative estimate of drug-likeness (QED) is 0.814. The SMILES string of the molecule is CC(CC(F)(F)F)NCC1(C)CCOCC1. The summed E-state index contributed by atoms with van der Waals surface area (Å²) in [6.45, 7) is 5.74. The van der Waals surface area contributed by atoms with Crippen molar-refractivity contribution in [3.63, 3.8) is 0 Å². The van der Waals surface area contributed by atoms with Crippen molar-refractivity contribution >= 4 is 0 Å². The van der Waals surface area contributed by atoms with Crippen LogP contribution in [0.25, 0.3) is 0 Å². The van der Waals surface area contributed by atoms with Crippen molar-refractivity contribution in [1.82, 2.24) is 5.32 Å². The van der Waals surface area contributed by atoms with Gasteiger partial charge in [0, 0.05) is 25.8 Å². The minimum Gasteiger partial charge on any atom is -0.381 e. The number of nitrogens with one attached hydrogen (secondary N) is 1. The van der Waals surface area contributed by atoms with Crippen molar-refractivity contribution in [3.8, 4) is 0 Å². The molecule has 1 fully saturated rings. The summed E-state index contributed by atoms with van der Waals surface area (Å²) in [5.74, 6) is 0. The third-order valence-electron chi connectivity index (χ3n) is 3.11. The van der Waals surface area contributed by atoms with Gasteiger partial charge in [0.05, 0.1) is 6.42 Å². The van der Waals surface area contributed by atoms with Gasteiger partial charge in [-0.3, -0.25) is 0 Å². The molecule has 0 amide bonds. The van der Waals surface area contributed by atoms with Gasteiger partial charge < -0.3 is 10.1 Å². The molecule has 1 aliphatic heterocycles. The van der Waals surface area contributed by atoms with E-state index in [-0.39, 0.29) is 5.41 Å². The van der Waals surface area contributed by atoms with Crippen LogP contribution in [-0.4, -0.2) is 32.0 Å². The first-order chi connectivity index (χ1) is 7.31. The highest BCUT2D eigenvalue weighted by Gasteiger charge is 2.32. The van der Waals surface area contributed by atoms with Crippen LogP contribution in [0.3, 0.4) is 0 Å². The third kappa shape index (κ3) is 5.16. The van der Waals surface area contributed by atoms with Gasteiger partial charge in [0.25, 0.3) is 0 Å². The zero-order chi connectivity index (χ0) is 12.2. The van der Waals surface area contributed by atoms with Gasteiger partial charge in [-0.15, -0.1) is 0 Å². The molecule has 2 nitrogen and oxygen atoms in total. The fourth-order valence-corrected chi connectivity index (χ4v) is 1.88. The van der Waals surface area contributed by atoms with E-state index in [1.54, 1.807) is 6.92 Å². The van der Waals surface area contributed by atoms with Gasteiger partial charge in [0.1, 0.15) is 0 Å². The van der Waals surface area contributed by atoms with Gasteiger partial charge in [-0.25, -0.2) is 0 Å². The number of halogens is 3. The molecule has 0 aromatic heterocycles. The standard InChI is InChI=1S/C11H20F3NO/c1-9(7-11(12,13)14)15-8-10(2)3-5-16-6-4-10/h9,15H,3-8H2,1-2H3. The van der Waals surface area contributed by atoms with Gasteiger partial charge in [-0.2, -0.15) is 13.2 Å². The van der Waals surface area contributed by atoms with Crippen molar-refractivity contribution in [3.05, 3.63) is 0 Å². The topological polar surface area (TPSA) is 21.3 Å². The van der Waals surface area contributed by atoms with Crippen molar-refractivity contribution < 1.29 is 17.9 Å². The first-order valence-electron chi connectivity index (χ1n) is 5.69. The van der Waals surface area contributed by atoms with Crippen LogP contribution < -0.4 is 5.32 Å². The molecule has 0 spiro atoms. The Morgan fingerprint density at radius 1 is 1.31 bits per heavy atom. The molecule has 0 aromatic rings. The average Bonchev–Trinajstić information content (AvgIpc) is 2.14. The van der Waals surface area contributed by atoms with Crippen LogP contribution in [0.15, 0.2) is 0 Å². The molecular formula is C11H20F3NO. The van der Waals surface area contributed by atoms with Gasteiger partial charge in [0.15, 0.2) is 0 Å². The third-order valence-corrected chi connectivity index (χ3v) is 3.11. The second-order valence-corrected chi connectivity index (χ2v) is 5.02. The van der Waals surface area contributed by atoms with E-state index in [1.807, 2.05) is 0 Å². The van der Waals surface area contributed by atoms with Crippen molar-refractivity contribution in [2.45, 2.75) is 45.3 Å². The fourth-order valence-electron chi connectivity index (χ4n) is 1.88. The Balaban J connectivity index is 2.27. The van der Waals surface area contributed by atoms with Crippen LogP contribution in [0, 0.1) is 5.41 Å². The maximum Gasteiger partial charge on any atom is 0.390 e. The molecular weight excluding hydrogens is 219 g/mol. The van der Waals surface area contributed by atoms with Crippen molar-refractivity contribution in [2.24, 2.45) is 5.41 Å². The summed E-state index contributed by atoms with van der Waals surface area (Å²) < 4.78 is 41.6. The maximum atomic E-state index is 12.1. The van der Waals surface area contributed by atoms with Crippen LogP contribution >= 0.6 is 0 Å². The first kappa shape index (κ1) is 13.8. The Hall–Kier alpha value is -0.290. The smallest absolute Gasteiger partial charge is 0.381 e. The van der Waals surface area contributed by atoms with Crippen molar-refractivity contribution in [1.29, 1.82) is 0 Å². The molecule has 1 heterocycles. The van der Waals surface area contributed by atoms with Gasteiger partial charge >= 0.3 is 6.18 Å². The second kappa shape index (κ2) is 5.36. The van der Waals surface area contributed by atoms with E-state index in [0.717, 1.165) is 12.8 Å². The number of alkyl halides is 3. The monoisotopic (exact) mass is 239 g/mol. The maximum absolute atomic E-state index is 12.1. The van der Waals surface area contributed by atoms with Gasteiger partial charge in [0.2, 0.25) is 0 Å². The summed E-state index contributed by atoms with van der Waals surface area (Å²) in [5.41, 5.74) is 0.0815. The lowest BCUT2D eigenvalue weighted by molar-refractivity contribution is -0.139. The summed E-state index contributed by atoms with van der Waals surface area (Å²) in [4.78, 5) is 0. The molecule has 16 heavy (non-hydrogen) atoms. The minimum absolute atomic E-state index is 0.0815. The summed E-state index contributed by atoms with van der Waals surface area (Å²) >= 11 is 0. The van der Waals surface area contributed by atoms with Crippen LogP contribution in [0.5, 0.6) is 0 Å². The number of hydrogen-bond acceptors (Lipinski definition) is 2. The largest absolute Gasteiger partial charge is 0.390 e. The highest BCUT2D eigenvalue weighted by atomic mass is 19.4. The number of hydrogen-bond donors (Lipinski definition) is 1. The fraction of sp³-hybridized carbons (Fsp3) is 1.00. The number of rotatable bonds is 4. The van der Waals surface area contributed by atoms with Gasteiger partial charge in [-0.05, 0) is 25.2 Å². The first-order valence-corrected chi connectivity index (χ1v) is 5.69. The minimum atomic E-state index is -4.08. The molecule has 1 aliphatic rings. The zero-order valence-electron chi connectivity index (χ0n) is 9.86. The Morgan fingerprint density at radius 3 is 2.38 bits per heavy atom. The van der Waals surface area contributed by atoms with Crippen LogP contribution in [0.2, 0.25) is 0 Å². The molecule has 0 bridgehead atoms. The summed E-state index contributed by atoms with van der Waals surface area (Å²) in [6.07, 6.45) is -3.01. The molecule has 0 radical (unpaired) electrons. The molecule has 1 unspecified atom stereocenters. The van der Waals surface area contributed by atoms with E-state index >= 15 is 0 Å². The molecule has 1 saturated heterocycles. The predicted molar refractivity (Wildman–Crippen MR) is 56.3 cm³/mol. The molecule has 0 saturated carbocycles. The normalized spacial score (nSPS) is 23.1.